The zero-order valence-corrected chi connectivity index (χ0v) is 16.5. The lowest BCUT2D eigenvalue weighted by atomic mass is 10.1. The molecule has 2 aliphatic heterocycles. The van der Waals surface area contributed by atoms with Crippen molar-refractivity contribution >= 4 is 0 Å². The molecule has 2 aromatic rings. The fraction of sp³-hybridized carbons (Fsp3) is 0.619. The first-order valence-corrected chi connectivity index (χ1v) is 10.2. The summed E-state index contributed by atoms with van der Waals surface area (Å²) in [6.45, 7) is 4.31. The van der Waals surface area contributed by atoms with E-state index in [1.807, 2.05) is 24.3 Å². The normalized spacial score (nSPS) is 21.7. The second-order valence-electron chi connectivity index (χ2n) is 7.54. The Balaban J connectivity index is 1.22. The molecule has 0 saturated carbocycles. The minimum absolute atomic E-state index is 0.294. The first-order chi connectivity index (χ1) is 13.8. The summed E-state index contributed by atoms with van der Waals surface area (Å²) in [5, 5.41) is 4.14. The molecular formula is C21H29N3O4. The number of hydrogen-bond acceptors (Lipinski definition) is 7. The van der Waals surface area contributed by atoms with Gasteiger partial charge in [-0.2, -0.15) is 4.98 Å². The number of aromatic nitrogens is 2. The summed E-state index contributed by atoms with van der Waals surface area (Å²) in [6.07, 6.45) is 6.28. The van der Waals surface area contributed by atoms with Gasteiger partial charge in [0.05, 0.1) is 32.5 Å². The van der Waals surface area contributed by atoms with Crippen molar-refractivity contribution in [2.75, 3.05) is 33.4 Å². The summed E-state index contributed by atoms with van der Waals surface area (Å²) in [5.74, 6) is 2.08. The first kappa shape index (κ1) is 19.4. The molecule has 3 heterocycles. The van der Waals surface area contributed by atoms with E-state index in [-0.39, 0.29) is 0 Å². The zero-order valence-electron chi connectivity index (χ0n) is 16.5. The molecule has 1 unspecified atom stereocenters. The molecule has 152 valence electrons. The smallest absolute Gasteiger partial charge is 0.257 e. The van der Waals surface area contributed by atoms with Crippen LogP contribution in [0, 0.1) is 0 Å². The number of piperidine rings is 1. The molecule has 4 rings (SSSR count). The van der Waals surface area contributed by atoms with Gasteiger partial charge in [-0.3, -0.25) is 4.90 Å². The Labute approximate surface area is 166 Å². The van der Waals surface area contributed by atoms with Gasteiger partial charge in [0.2, 0.25) is 0 Å². The van der Waals surface area contributed by atoms with E-state index in [0.717, 1.165) is 62.7 Å². The van der Waals surface area contributed by atoms with Crippen LogP contribution in [0.3, 0.4) is 0 Å². The lowest BCUT2D eigenvalue weighted by molar-refractivity contribution is -0.0754. The summed E-state index contributed by atoms with van der Waals surface area (Å²) in [7, 11) is 1.65. The SMILES string of the molecule is COc1ccc(-c2nc(CN3CCC(OCC4CCCCO4)CC3)no2)cc1. The van der Waals surface area contributed by atoms with E-state index < -0.39 is 0 Å². The predicted molar refractivity (Wildman–Crippen MR) is 104 cm³/mol. The van der Waals surface area contributed by atoms with Crippen molar-refractivity contribution in [2.24, 2.45) is 0 Å². The Morgan fingerprint density at radius 1 is 1.11 bits per heavy atom. The third-order valence-electron chi connectivity index (χ3n) is 5.50. The van der Waals surface area contributed by atoms with E-state index in [9.17, 15) is 0 Å². The highest BCUT2D eigenvalue weighted by atomic mass is 16.5. The minimum Gasteiger partial charge on any atom is -0.497 e. The average Bonchev–Trinajstić information content (AvgIpc) is 3.22. The molecule has 0 N–H and O–H groups in total. The van der Waals surface area contributed by atoms with Crippen LogP contribution in [0.1, 0.15) is 37.9 Å². The summed E-state index contributed by atoms with van der Waals surface area (Å²) in [4.78, 5) is 6.90. The maximum atomic E-state index is 6.09. The van der Waals surface area contributed by atoms with Crippen molar-refractivity contribution < 1.29 is 18.7 Å². The number of hydrogen-bond donors (Lipinski definition) is 0. The Morgan fingerprint density at radius 2 is 1.93 bits per heavy atom. The molecule has 1 atom stereocenters. The zero-order chi connectivity index (χ0) is 19.2. The lowest BCUT2D eigenvalue weighted by Gasteiger charge is -2.32. The Morgan fingerprint density at radius 3 is 2.64 bits per heavy atom. The van der Waals surface area contributed by atoms with E-state index >= 15 is 0 Å². The van der Waals surface area contributed by atoms with Crippen LogP contribution in [0.4, 0.5) is 0 Å². The third-order valence-corrected chi connectivity index (χ3v) is 5.50. The quantitative estimate of drug-likeness (QED) is 0.722. The molecule has 0 bridgehead atoms. The lowest BCUT2D eigenvalue weighted by Crippen LogP contribution is -2.38. The molecule has 7 nitrogen and oxygen atoms in total. The summed E-state index contributed by atoms with van der Waals surface area (Å²) in [5.41, 5.74) is 0.900. The molecule has 2 aliphatic rings. The van der Waals surface area contributed by atoms with Crippen molar-refractivity contribution in [3.05, 3.63) is 30.1 Å². The van der Waals surface area contributed by atoms with Gasteiger partial charge in [-0.25, -0.2) is 0 Å². The van der Waals surface area contributed by atoms with Crippen molar-refractivity contribution in [1.82, 2.24) is 15.0 Å². The van der Waals surface area contributed by atoms with Crippen LogP contribution in [0.2, 0.25) is 0 Å². The van der Waals surface area contributed by atoms with Crippen LogP contribution in [0.25, 0.3) is 11.5 Å². The Kier molecular flexibility index (Phi) is 6.57. The second kappa shape index (κ2) is 9.49. The molecule has 0 radical (unpaired) electrons. The largest absolute Gasteiger partial charge is 0.497 e. The maximum absolute atomic E-state index is 6.09. The highest BCUT2D eigenvalue weighted by Gasteiger charge is 2.23. The molecule has 0 amide bonds. The first-order valence-electron chi connectivity index (χ1n) is 10.2. The summed E-state index contributed by atoms with van der Waals surface area (Å²) >= 11 is 0. The average molecular weight is 387 g/mol. The second-order valence-corrected chi connectivity index (χ2v) is 7.54. The molecule has 2 saturated heterocycles. The maximum Gasteiger partial charge on any atom is 0.257 e. The predicted octanol–water partition coefficient (Wildman–Crippen LogP) is 3.30. The van der Waals surface area contributed by atoms with E-state index in [1.54, 1.807) is 7.11 Å². The fourth-order valence-electron chi connectivity index (χ4n) is 3.79. The van der Waals surface area contributed by atoms with Crippen molar-refractivity contribution in [3.63, 3.8) is 0 Å². The summed E-state index contributed by atoms with van der Waals surface area (Å²) in [6, 6.07) is 7.63. The van der Waals surface area contributed by atoms with Gasteiger partial charge in [-0.05, 0) is 56.4 Å². The fourth-order valence-corrected chi connectivity index (χ4v) is 3.79. The molecule has 7 heteroatoms. The van der Waals surface area contributed by atoms with E-state index in [0.29, 0.717) is 24.6 Å². The Bertz CT molecular complexity index is 720. The van der Waals surface area contributed by atoms with Gasteiger partial charge in [0.15, 0.2) is 5.82 Å². The van der Waals surface area contributed by atoms with Gasteiger partial charge in [0.1, 0.15) is 5.75 Å². The number of nitrogens with zero attached hydrogens (tertiary/aromatic N) is 3. The van der Waals surface area contributed by atoms with Crippen molar-refractivity contribution in [2.45, 2.75) is 50.9 Å². The highest BCUT2D eigenvalue weighted by molar-refractivity contribution is 5.54. The van der Waals surface area contributed by atoms with Crippen molar-refractivity contribution in [3.8, 4) is 17.2 Å². The van der Waals surface area contributed by atoms with Gasteiger partial charge in [-0.1, -0.05) is 5.16 Å². The molecule has 2 fully saturated rings. The van der Waals surface area contributed by atoms with Gasteiger partial charge < -0.3 is 18.7 Å². The van der Waals surface area contributed by atoms with Gasteiger partial charge in [0, 0.05) is 25.3 Å². The van der Waals surface area contributed by atoms with Crippen LogP contribution >= 0.6 is 0 Å². The van der Waals surface area contributed by atoms with Gasteiger partial charge in [-0.15, -0.1) is 0 Å². The third kappa shape index (κ3) is 5.10. The minimum atomic E-state index is 0.294. The number of benzene rings is 1. The van der Waals surface area contributed by atoms with E-state index in [4.69, 9.17) is 18.7 Å². The number of methoxy groups -OCH3 is 1. The van der Waals surface area contributed by atoms with Crippen LogP contribution in [0.15, 0.2) is 28.8 Å². The van der Waals surface area contributed by atoms with Gasteiger partial charge in [0.25, 0.3) is 5.89 Å². The molecule has 1 aromatic carbocycles. The van der Waals surface area contributed by atoms with Crippen LogP contribution < -0.4 is 4.74 Å². The highest BCUT2D eigenvalue weighted by Crippen LogP contribution is 2.22. The molecule has 28 heavy (non-hydrogen) atoms. The van der Waals surface area contributed by atoms with Gasteiger partial charge >= 0.3 is 0 Å². The van der Waals surface area contributed by atoms with Crippen molar-refractivity contribution in [1.29, 1.82) is 0 Å². The molecular weight excluding hydrogens is 358 g/mol. The number of ether oxygens (including phenoxy) is 3. The molecule has 0 aliphatic carbocycles. The number of rotatable bonds is 7. The van der Waals surface area contributed by atoms with E-state index in [1.165, 1.54) is 12.8 Å². The number of likely N-dealkylation sites (tertiary alicyclic amines) is 1. The Hall–Kier alpha value is -1.96. The summed E-state index contributed by atoms with van der Waals surface area (Å²) < 4.78 is 22.4. The monoisotopic (exact) mass is 387 g/mol. The van der Waals surface area contributed by atoms with Crippen LogP contribution in [-0.4, -0.2) is 60.7 Å². The topological polar surface area (TPSA) is 69.9 Å². The molecule has 1 aromatic heterocycles. The standard InChI is InChI=1S/C21H29N3O4/c1-25-17-7-5-16(6-8-17)21-22-20(23-28-21)14-24-11-9-18(10-12-24)27-15-19-4-2-3-13-26-19/h5-8,18-19H,2-4,9-15H2,1H3. The van der Waals surface area contributed by atoms with Crippen LogP contribution in [0.5, 0.6) is 5.75 Å². The van der Waals surface area contributed by atoms with E-state index in [2.05, 4.69) is 15.0 Å². The van der Waals surface area contributed by atoms with Crippen LogP contribution in [-0.2, 0) is 16.0 Å². The molecule has 0 spiro atoms.